The molecule has 0 radical (unpaired) electrons. The van der Waals surface area contributed by atoms with E-state index in [4.69, 9.17) is 4.42 Å². The second-order valence-corrected chi connectivity index (χ2v) is 4.52. The zero-order valence-electron chi connectivity index (χ0n) is 10.3. The first-order valence-corrected chi connectivity index (χ1v) is 5.42. The fraction of sp³-hybridized carbons (Fsp3) is 0.583. The highest BCUT2D eigenvalue weighted by Gasteiger charge is 2.29. The Morgan fingerprint density at radius 2 is 2.19 bits per heavy atom. The molecule has 0 aliphatic rings. The third kappa shape index (κ3) is 2.27. The van der Waals surface area contributed by atoms with Crippen molar-refractivity contribution in [1.29, 1.82) is 0 Å². The Bertz CT molecular complexity index is 380. The Kier molecular flexibility index (Phi) is 3.75. The lowest BCUT2D eigenvalue weighted by atomic mass is 9.81. The maximum atomic E-state index is 11.3. The van der Waals surface area contributed by atoms with E-state index in [0.29, 0.717) is 17.9 Å². The highest BCUT2D eigenvalue weighted by Crippen LogP contribution is 2.32. The van der Waals surface area contributed by atoms with Crippen molar-refractivity contribution in [2.75, 3.05) is 7.05 Å². The summed E-state index contributed by atoms with van der Waals surface area (Å²) in [7, 11) is 1.76. The summed E-state index contributed by atoms with van der Waals surface area (Å²) < 4.78 is 5.34. The zero-order chi connectivity index (χ0) is 12.3. The molecule has 0 bridgehead atoms. The quantitative estimate of drug-likeness (QED) is 0.807. The lowest BCUT2D eigenvalue weighted by Crippen LogP contribution is -2.19. The van der Waals surface area contributed by atoms with Gasteiger partial charge in [0.2, 0.25) is 0 Å². The largest absolute Gasteiger partial charge is 0.478 e. The van der Waals surface area contributed by atoms with E-state index in [9.17, 15) is 9.90 Å². The van der Waals surface area contributed by atoms with Crippen molar-refractivity contribution in [2.24, 2.45) is 0 Å². The van der Waals surface area contributed by atoms with Crippen LogP contribution >= 0.6 is 0 Å². The SMILES string of the molecule is CCC(C)(C)c1coc(CNC)c1C(=O)O. The molecule has 2 N–H and O–H groups in total. The number of nitrogens with one attached hydrogen (secondary N) is 1. The maximum Gasteiger partial charge on any atom is 0.339 e. The Labute approximate surface area is 95.7 Å². The first kappa shape index (κ1) is 12.8. The smallest absolute Gasteiger partial charge is 0.339 e. The normalized spacial score (nSPS) is 11.8. The van der Waals surface area contributed by atoms with E-state index in [1.165, 1.54) is 0 Å². The minimum absolute atomic E-state index is 0.177. The third-order valence-corrected chi connectivity index (χ3v) is 3.03. The van der Waals surface area contributed by atoms with Gasteiger partial charge in [0, 0.05) is 5.56 Å². The summed E-state index contributed by atoms with van der Waals surface area (Å²) in [6.45, 7) is 6.51. The molecule has 1 aromatic rings. The van der Waals surface area contributed by atoms with Crippen LogP contribution in [0.5, 0.6) is 0 Å². The van der Waals surface area contributed by atoms with Gasteiger partial charge in [0.1, 0.15) is 11.3 Å². The summed E-state index contributed by atoms with van der Waals surface area (Å²) in [5, 5.41) is 12.1. The number of carbonyl (C=O) groups is 1. The van der Waals surface area contributed by atoms with E-state index in [1.54, 1.807) is 13.3 Å². The van der Waals surface area contributed by atoms with E-state index in [0.717, 1.165) is 12.0 Å². The molecule has 0 aromatic carbocycles. The first-order chi connectivity index (χ1) is 7.44. The van der Waals surface area contributed by atoms with Crippen LogP contribution in [0.3, 0.4) is 0 Å². The maximum absolute atomic E-state index is 11.3. The van der Waals surface area contributed by atoms with E-state index < -0.39 is 5.97 Å². The molecule has 1 rings (SSSR count). The van der Waals surface area contributed by atoms with Crippen molar-refractivity contribution in [3.05, 3.63) is 23.2 Å². The first-order valence-electron chi connectivity index (χ1n) is 5.42. The van der Waals surface area contributed by atoms with E-state index in [-0.39, 0.29) is 5.41 Å². The molecular formula is C12H19NO3. The topological polar surface area (TPSA) is 62.5 Å². The van der Waals surface area contributed by atoms with E-state index in [1.807, 2.05) is 20.8 Å². The molecule has 0 amide bonds. The monoisotopic (exact) mass is 225 g/mol. The van der Waals surface area contributed by atoms with Gasteiger partial charge in [0.05, 0.1) is 12.8 Å². The number of carboxylic acid groups (broad SMARTS) is 1. The number of rotatable bonds is 5. The molecule has 1 heterocycles. The van der Waals surface area contributed by atoms with Crippen molar-refractivity contribution in [3.63, 3.8) is 0 Å². The highest BCUT2D eigenvalue weighted by atomic mass is 16.4. The molecule has 0 aliphatic heterocycles. The molecule has 0 atom stereocenters. The Morgan fingerprint density at radius 3 is 2.62 bits per heavy atom. The number of carboxylic acids is 1. The molecule has 16 heavy (non-hydrogen) atoms. The average molecular weight is 225 g/mol. The summed E-state index contributed by atoms with van der Waals surface area (Å²) in [5.41, 5.74) is 0.900. The molecule has 90 valence electrons. The van der Waals surface area contributed by atoms with Gasteiger partial charge in [-0.2, -0.15) is 0 Å². The molecule has 0 saturated heterocycles. The van der Waals surface area contributed by atoms with Gasteiger partial charge in [-0.15, -0.1) is 0 Å². The molecule has 0 saturated carbocycles. The Hall–Kier alpha value is -1.29. The predicted molar refractivity (Wildman–Crippen MR) is 61.7 cm³/mol. The lowest BCUT2D eigenvalue weighted by Gasteiger charge is -2.21. The van der Waals surface area contributed by atoms with Crippen LogP contribution in [-0.4, -0.2) is 18.1 Å². The van der Waals surface area contributed by atoms with Gasteiger partial charge in [0.25, 0.3) is 0 Å². The van der Waals surface area contributed by atoms with Crippen molar-refractivity contribution >= 4 is 5.97 Å². The molecular weight excluding hydrogens is 206 g/mol. The minimum atomic E-state index is -0.921. The van der Waals surface area contributed by atoms with E-state index >= 15 is 0 Å². The summed E-state index contributed by atoms with van der Waals surface area (Å²) in [4.78, 5) is 11.3. The van der Waals surface area contributed by atoms with Crippen LogP contribution in [0.1, 0.15) is 48.9 Å². The summed E-state index contributed by atoms with van der Waals surface area (Å²) >= 11 is 0. The van der Waals surface area contributed by atoms with Crippen LogP contribution < -0.4 is 5.32 Å². The predicted octanol–water partition coefficient (Wildman–Crippen LogP) is 2.38. The van der Waals surface area contributed by atoms with Crippen molar-refractivity contribution in [2.45, 2.75) is 39.2 Å². The van der Waals surface area contributed by atoms with Crippen LogP contribution in [0.15, 0.2) is 10.7 Å². The fourth-order valence-corrected chi connectivity index (χ4v) is 1.61. The van der Waals surface area contributed by atoms with Gasteiger partial charge in [-0.3, -0.25) is 0 Å². The van der Waals surface area contributed by atoms with Gasteiger partial charge in [-0.1, -0.05) is 20.8 Å². The average Bonchev–Trinajstić information content (AvgIpc) is 2.63. The molecule has 0 fully saturated rings. The summed E-state index contributed by atoms with van der Waals surface area (Å²) in [6.07, 6.45) is 2.44. The second-order valence-electron chi connectivity index (χ2n) is 4.52. The lowest BCUT2D eigenvalue weighted by molar-refractivity contribution is 0.0691. The molecule has 1 aromatic heterocycles. The van der Waals surface area contributed by atoms with Gasteiger partial charge in [-0.05, 0) is 18.9 Å². The van der Waals surface area contributed by atoms with Crippen LogP contribution in [0.4, 0.5) is 0 Å². The fourth-order valence-electron chi connectivity index (χ4n) is 1.61. The highest BCUT2D eigenvalue weighted by molar-refractivity contribution is 5.91. The molecule has 4 nitrogen and oxygen atoms in total. The van der Waals surface area contributed by atoms with Crippen LogP contribution in [0, 0.1) is 0 Å². The minimum Gasteiger partial charge on any atom is -0.478 e. The van der Waals surface area contributed by atoms with E-state index in [2.05, 4.69) is 5.32 Å². The van der Waals surface area contributed by atoms with Gasteiger partial charge in [-0.25, -0.2) is 4.79 Å². The van der Waals surface area contributed by atoms with Crippen molar-refractivity contribution in [3.8, 4) is 0 Å². The van der Waals surface area contributed by atoms with Gasteiger partial charge in [0.15, 0.2) is 0 Å². The molecule has 0 aliphatic carbocycles. The summed E-state index contributed by atoms with van der Waals surface area (Å²) in [6, 6.07) is 0. The number of furan rings is 1. The van der Waals surface area contributed by atoms with Gasteiger partial charge >= 0.3 is 5.97 Å². The third-order valence-electron chi connectivity index (χ3n) is 3.03. The summed E-state index contributed by atoms with van der Waals surface area (Å²) in [5.74, 6) is -0.429. The molecule has 0 unspecified atom stereocenters. The Morgan fingerprint density at radius 1 is 1.56 bits per heavy atom. The number of hydrogen-bond acceptors (Lipinski definition) is 3. The van der Waals surface area contributed by atoms with Crippen LogP contribution in [0.25, 0.3) is 0 Å². The van der Waals surface area contributed by atoms with Gasteiger partial charge < -0.3 is 14.8 Å². The molecule has 0 spiro atoms. The second kappa shape index (κ2) is 4.70. The Balaban J connectivity index is 3.25. The van der Waals surface area contributed by atoms with Crippen LogP contribution in [0.2, 0.25) is 0 Å². The standard InChI is InChI=1S/C12H19NO3/c1-5-12(2,3)8-7-16-9(6-13-4)10(8)11(14)15/h7,13H,5-6H2,1-4H3,(H,14,15). The van der Waals surface area contributed by atoms with Crippen molar-refractivity contribution < 1.29 is 14.3 Å². The van der Waals surface area contributed by atoms with Crippen LogP contribution in [-0.2, 0) is 12.0 Å². The number of aromatic carboxylic acids is 1. The van der Waals surface area contributed by atoms with Crippen molar-refractivity contribution in [1.82, 2.24) is 5.32 Å². The zero-order valence-corrected chi connectivity index (χ0v) is 10.3. The number of hydrogen-bond donors (Lipinski definition) is 2. The molecule has 4 heteroatoms.